The molecule has 3 rings (SSSR count). The van der Waals surface area contributed by atoms with Crippen molar-refractivity contribution in [2.45, 2.75) is 19.4 Å². The summed E-state index contributed by atoms with van der Waals surface area (Å²) in [5.41, 5.74) is 2.05. The van der Waals surface area contributed by atoms with Crippen LogP contribution in [0.3, 0.4) is 0 Å². The fourth-order valence-electron chi connectivity index (χ4n) is 2.44. The first-order chi connectivity index (χ1) is 8.64. The molecule has 4 heteroatoms. The zero-order valence-corrected chi connectivity index (χ0v) is 10.8. The first kappa shape index (κ1) is 11.4. The van der Waals surface area contributed by atoms with Crippen LogP contribution < -0.4 is 10.2 Å². The SMILES string of the molecule is CC1(C)CN(c2cnc3ccccc3n2)CCN1. The molecule has 1 N–H and O–H groups in total. The van der Waals surface area contributed by atoms with Gasteiger partial charge in [-0.3, -0.25) is 4.98 Å². The molecule has 1 aromatic carbocycles. The highest BCUT2D eigenvalue weighted by Crippen LogP contribution is 2.19. The average molecular weight is 242 g/mol. The smallest absolute Gasteiger partial charge is 0.147 e. The lowest BCUT2D eigenvalue weighted by molar-refractivity contribution is 0.352. The Balaban J connectivity index is 1.94. The van der Waals surface area contributed by atoms with E-state index in [0.717, 1.165) is 36.5 Å². The van der Waals surface area contributed by atoms with Gasteiger partial charge in [-0.2, -0.15) is 0 Å². The molecule has 1 fully saturated rings. The molecule has 0 saturated carbocycles. The number of hydrogen-bond acceptors (Lipinski definition) is 4. The third-order valence-corrected chi connectivity index (χ3v) is 3.33. The van der Waals surface area contributed by atoms with Crippen LogP contribution in [0.1, 0.15) is 13.8 Å². The van der Waals surface area contributed by atoms with E-state index in [-0.39, 0.29) is 5.54 Å². The summed E-state index contributed by atoms with van der Waals surface area (Å²) in [5.74, 6) is 0.975. The van der Waals surface area contributed by atoms with Crippen molar-refractivity contribution in [1.29, 1.82) is 0 Å². The normalized spacial score (nSPS) is 19.1. The molecule has 94 valence electrons. The van der Waals surface area contributed by atoms with E-state index in [1.807, 2.05) is 30.5 Å². The second-order valence-electron chi connectivity index (χ2n) is 5.45. The van der Waals surface area contributed by atoms with Gasteiger partial charge in [0.1, 0.15) is 5.82 Å². The zero-order valence-electron chi connectivity index (χ0n) is 10.8. The van der Waals surface area contributed by atoms with Gasteiger partial charge in [0.15, 0.2) is 0 Å². The summed E-state index contributed by atoms with van der Waals surface area (Å²) in [4.78, 5) is 11.5. The van der Waals surface area contributed by atoms with E-state index in [2.05, 4.69) is 29.0 Å². The second kappa shape index (κ2) is 4.21. The molecule has 0 radical (unpaired) electrons. The lowest BCUT2D eigenvalue weighted by atomic mass is 10.0. The summed E-state index contributed by atoms with van der Waals surface area (Å²) in [5, 5.41) is 3.51. The van der Waals surface area contributed by atoms with Crippen molar-refractivity contribution in [3.63, 3.8) is 0 Å². The molecule has 1 aliphatic rings. The molecule has 2 aromatic rings. The maximum Gasteiger partial charge on any atom is 0.147 e. The fraction of sp³-hybridized carbons (Fsp3) is 0.429. The van der Waals surface area contributed by atoms with Gasteiger partial charge in [0.2, 0.25) is 0 Å². The van der Waals surface area contributed by atoms with E-state index in [4.69, 9.17) is 4.98 Å². The minimum atomic E-state index is 0.131. The highest BCUT2D eigenvalue weighted by atomic mass is 15.3. The Morgan fingerprint density at radius 2 is 2.00 bits per heavy atom. The van der Waals surface area contributed by atoms with Crippen molar-refractivity contribution in [2.24, 2.45) is 0 Å². The Bertz CT molecular complexity index is 564. The monoisotopic (exact) mass is 242 g/mol. The van der Waals surface area contributed by atoms with Crippen molar-refractivity contribution in [3.8, 4) is 0 Å². The molecule has 0 spiro atoms. The minimum absolute atomic E-state index is 0.131. The highest BCUT2D eigenvalue weighted by molar-refractivity contribution is 5.75. The largest absolute Gasteiger partial charge is 0.352 e. The Hall–Kier alpha value is -1.68. The molecule has 1 saturated heterocycles. The molecular formula is C14H18N4. The van der Waals surface area contributed by atoms with Crippen molar-refractivity contribution in [2.75, 3.05) is 24.5 Å². The number of fused-ring (bicyclic) bond motifs is 1. The predicted octanol–water partition coefficient (Wildman–Crippen LogP) is 1.82. The topological polar surface area (TPSA) is 41.1 Å². The Kier molecular flexibility index (Phi) is 2.67. The molecule has 0 unspecified atom stereocenters. The molecular weight excluding hydrogens is 224 g/mol. The Morgan fingerprint density at radius 1 is 1.22 bits per heavy atom. The number of nitrogens with one attached hydrogen (secondary N) is 1. The number of rotatable bonds is 1. The molecule has 1 aliphatic heterocycles. The van der Waals surface area contributed by atoms with Gasteiger partial charge in [0.05, 0.1) is 17.2 Å². The third-order valence-electron chi connectivity index (χ3n) is 3.33. The minimum Gasteiger partial charge on any atom is -0.352 e. The third kappa shape index (κ3) is 2.16. The van der Waals surface area contributed by atoms with E-state index in [1.165, 1.54) is 0 Å². The summed E-state index contributed by atoms with van der Waals surface area (Å²) < 4.78 is 0. The first-order valence-electron chi connectivity index (χ1n) is 6.36. The quantitative estimate of drug-likeness (QED) is 0.828. The zero-order chi connectivity index (χ0) is 12.6. The average Bonchev–Trinajstić information content (AvgIpc) is 2.37. The molecule has 0 bridgehead atoms. The van der Waals surface area contributed by atoms with E-state index in [1.54, 1.807) is 0 Å². The highest BCUT2D eigenvalue weighted by Gasteiger charge is 2.26. The van der Waals surface area contributed by atoms with Crippen LogP contribution in [0.15, 0.2) is 30.5 Å². The summed E-state index contributed by atoms with van der Waals surface area (Å²) in [6, 6.07) is 8.00. The molecule has 2 heterocycles. The van der Waals surface area contributed by atoms with Gasteiger partial charge in [-0.25, -0.2) is 4.98 Å². The summed E-state index contributed by atoms with van der Waals surface area (Å²) >= 11 is 0. The lowest BCUT2D eigenvalue weighted by Gasteiger charge is -2.39. The van der Waals surface area contributed by atoms with E-state index < -0.39 is 0 Å². The van der Waals surface area contributed by atoms with E-state index in [9.17, 15) is 0 Å². The van der Waals surface area contributed by atoms with Gasteiger partial charge < -0.3 is 10.2 Å². The number of nitrogens with zero attached hydrogens (tertiary/aromatic N) is 3. The van der Waals surface area contributed by atoms with Crippen LogP contribution >= 0.6 is 0 Å². The van der Waals surface area contributed by atoms with Gasteiger partial charge in [-0.15, -0.1) is 0 Å². The van der Waals surface area contributed by atoms with Crippen LogP contribution in [0, 0.1) is 0 Å². The van der Waals surface area contributed by atoms with Crippen molar-refractivity contribution in [1.82, 2.24) is 15.3 Å². The standard InChI is InChI=1S/C14H18N4/c1-14(2)10-18(8-7-16-14)13-9-15-11-5-3-4-6-12(11)17-13/h3-6,9,16H,7-8,10H2,1-2H3. The van der Waals surface area contributed by atoms with Gasteiger partial charge >= 0.3 is 0 Å². The lowest BCUT2D eigenvalue weighted by Crippen LogP contribution is -2.57. The van der Waals surface area contributed by atoms with Crippen LogP contribution in [0.25, 0.3) is 11.0 Å². The summed E-state index contributed by atoms with van der Waals surface area (Å²) in [7, 11) is 0. The number of benzene rings is 1. The van der Waals surface area contributed by atoms with Crippen LogP contribution in [-0.4, -0.2) is 35.1 Å². The van der Waals surface area contributed by atoms with Gasteiger partial charge in [0.25, 0.3) is 0 Å². The van der Waals surface area contributed by atoms with Gasteiger partial charge in [0, 0.05) is 25.2 Å². The van der Waals surface area contributed by atoms with Crippen molar-refractivity contribution in [3.05, 3.63) is 30.5 Å². The van der Waals surface area contributed by atoms with Crippen LogP contribution in [-0.2, 0) is 0 Å². The van der Waals surface area contributed by atoms with Gasteiger partial charge in [-0.1, -0.05) is 12.1 Å². The number of piperazine rings is 1. The van der Waals surface area contributed by atoms with Gasteiger partial charge in [-0.05, 0) is 26.0 Å². The molecule has 0 amide bonds. The van der Waals surface area contributed by atoms with Crippen LogP contribution in [0.5, 0.6) is 0 Å². The molecule has 4 nitrogen and oxygen atoms in total. The number of anilines is 1. The number of hydrogen-bond donors (Lipinski definition) is 1. The molecule has 0 aliphatic carbocycles. The first-order valence-corrected chi connectivity index (χ1v) is 6.36. The Morgan fingerprint density at radius 3 is 2.78 bits per heavy atom. The maximum absolute atomic E-state index is 4.70. The molecule has 18 heavy (non-hydrogen) atoms. The fourth-order valence-corrected chi connectivity index (χ4v) is 2.44. The van der Waals surface area contributed by atoms with E-state index >= 15 is 0 Å². The predicted molar refractivity (Wildman–Crippen MR) is 73.8 cm³/mol. The summed E-state index contributed by atoms with van der Waals surface area (Å²) in [6.07, 6.45) is 1.88. The molecule has 1 aromatic heterocycles. The van der Waals surface area contributed by atoms with Crippen LogP contribution in [0.4, 0.5) is 5.82 Å². The summed E-state index contributed by atoms with van der Waals surface area (Å²) in [6.45, 7) is 7.36. The number of aromatic nitrogens is 2. The number of para-hydroxylation sites is 2. The maximum atomic E-state index is 4.70. The van der Waals surface area contributed by atoms with Crippen molar-refractivity contribution >= 4 is 16.9 Å². The Labute approximate surface area is 107 Å². The van der Waals surface area contributed by atoms with E-state index in [0.29, 0.717) is 0 Å². The van der Waals surface area contributed by atoms with Crippen molar-refractivity contribution < 1.29 is 0 Å². The molecule has 0 atom stereocenters. The second-order valence-corrected chi connectivity index (χ2v) is 5.45. The van der Waals surface area contributed by atoms with Crippen LogP contribution in [0.2, 0.25) is 0 Å².